The van der Waals surface area contributed by atoms with Gasteiger partial charge in [0.1, 0.15) is 5.82 Å². The molecule has 1 saturated heterocycles. The van der Waals surface area contributed by atoms with E-state index in [-0.39, 0.29) is 0 Å². The molecule has 1 aliphatic rings. The molecule has 4 heteroatoms. The number of rotatable bonds is 4. The Labute approximate surface area is 155 Å². The summed E-state index contributed by atoms with van der Waals surface area (Å²) in [5.41, 5.74) is 4.77. The van der Waals surface area contributed by atoms with Crippen LogP contribution in [0.3, 0.4) is 0 Å². The minimum Gasteiger partial charge on any atom is -0.337 e. The molecule has 0 N–H and O–H groups in total. The van der Waals surface area contributed by atoms with E-state index in [1.807, 2.05) is 12.4 Å². The number of likely N-dealkylation sites (tertiary alicyclic amines) is 1. The summed E-state index contributed by atoms with van der Waals surface area (Å²) in [5, 5.41) is 0. The van der Waals surface area contributed by atoms with Crippen molar-refractivity contribution >= 4 is 0 Å². The second-order valence-electron chi connectivity index (χ2n) is 7.35. The molecule has 1 fully saturated rings. The Morgan fingerprint density at radius 1 is 1.15 bits per heavy atom. The van der Waals surface area contributed by atoms with E-state index in [9.17, 15) is 0 Å². The van der Waals surface area contributed by atoms with Gasteiger partial charge in [0.2, 0.25) is 0 Å². The predicted octanol–water partition coefficient (Wildman–Crippen LogP) is 4.17. The van der Waals surface area contributed by atoms with Gasteiger partial charge in [-0.15, -0.1) is 0 Å². The van der Waals surface area contributed by atoms with Crippen molar-refractivity contribution in [2.75, 3.05) is 13.1 Å². The fourth-order valence-corrected chi connectivity index (χ4v) is 3.83. The quantitative estimate of drug-likeness (QED) is 0.711. The van der Waals surface area contributed by atoms with Crippen LogP contribution in [0.5, 0.6) is 0 Å². The molecule has 1 atom stereocenters. The number of nitrogens with zero attached hydrogens (tertiary/aromatic N) is 4. The summed E-state index contributed by atoms with van der Waals surface area (Å²) in [7, 11) is 2.07. The second-order valence-corrected chi connectivity index (χ2v) is 7.35. The highest BCUT2D eigenvalue weighted by atomic mass is 15.2. The number of pyridine rings is 1. The van der Waals surface area contributed by atoms with Crippen molar-refractivity contribution in [1.29, 1.82) is 0 Å². The Balaban J connectivity index is 1.52. The lowest BCUT2D eigenvalue weighted by Gasteiger charge is -2.32. The number of imidazole rings is 1. The largest absolute Gasteiger partial charge is 0.337 e. The third-order valence-corrected chi connectivity index (χ3v) is 5.29. The van der Waals surface area contributed by atoms with Crippen LogP contribution in [0, 0.1) is 6.92 Å². The van der Waals surface area contributed by atoms with E-state index in [1.165, 1.54) is 29.7 Å². The Bertz CT molecular complexity index is 883. The molecule has 1 aliphatic heterocycles. The van der Waals surface area contributed by atoms with Gasteiger partial charge in [0.05, 0.1) is 12.2 Å². The first-order chi connectivity index (χ1) is 12.7. The van der Waals surface area contributed by atoms with Gasteiger partial charge in [0.25, 0.3) is 0 Å². The molecule has 0 bridgehead atoms. The standard InChI is InChI=1S/C22H26N4/c1-17-6-3-7-18(14-17)20-9-4-10-21(24-20)19-8-5-12-26(15-19)16-22-23-11-13-25(22)2/h3-4,6-7,9-11,13-14,19H,5,8,12,15-16H2,1-2H3. The summed E-state index contributed by atoms with van der Waals surface area (Å²) >= 11 is 0. The fourth-order valence-electron chi connectivity index (χ4n) is 3.83. The number of hydrogen-bond acceptors (Lipinski definition) is 3. The SMILES string of the molecule is Cc1cccc(-c2cccc(C3CCCN(Cc4nccn4C)C3)n2)c1. The van der Waals surface area contributed by atoms with Gasteiger partial charge in [-0.25, -0.2) is 4.98 Å². The average Bonchev–Trinajstić information content (AvgIpc) is 3.07. The lowest BCUT2D eigenvalue weighted by molar-refractivity contribution is 0.192. The lowest BCUT2D eigenvalue weighted by Crippen LogP contribution is -2.34. The molecule has 0 saturated carbocycles. The molecule has 4 rings (SSSR count). The second kappa shape index (κ2) is 7.42. The molecule has 0 amide bonds. The van der Waals surface area contributed by atoms with Crippen molar-refractivity contribution in [2.24, 2.45) is 7.05 Å². The number of aromatic nitrogens is 3. The maximum atomic E-state index is 5.01. The van der Waals surface area contributed by atoms with E-state index in [2.05, 4.69) is 70.9 Å². The van der Waals surface area contributed by atoms with Gasteiger partial charge in [-0.2, -0.15) is 0 Å². The van der Waals surface area contributed by atoms with Crippen LogP contribution in [-0.4, -0.2) is 32.5 Å². The molecule has 2 aromatic heterocycles. The Morgan fingerprint density at radius 3 is 2.85 bits per heavy atom. The lowest BCUT2D eigenvalue weighted by atomic mass is 9.93. The third kappa shape index (κ3) is 3.70. The van der Waals surface area contributed by atoms with Crippen LogP contribution in [0.1, 0.15) is 35.8 Å². The topological polar surface area (TPSA) is 34.0 Å². The summed E-state index contributed by atoms with van der Waals surface area (Å²) in [5.74, 6) is 1.63. The van der Waals surface area contributed by atoms with E-state index in [4.69, 9.17) is 4.98 Å². The van der Waals surface area contributed by atoms with Crippen LogP contribution in [-0.2, 0) is 13.6 Å². The van der Waals surface area contributed by atoms with Crippen molar-refractivity contribution < 1.29 is 0 Å². The van der Waals surface area contributed by atoms with Crippen LogP contribution in [0.2, 0.25) is 0 Å². The van der Waals surface area contributed by atoms with Gasteiger partial charge in [0.15, 0.2) is 0 Å². The Kier molecular flexibility index (Phi) is 4.85. The number of hydrogen-bond donors (Lipinski definition) is 0. The normalized spacial score (nSPS) is 18.2. The van der Waals surface area contributed by atoms with Crippen molar-refractivity contribution in [3.05, 3.63) is 71.9 Å². The number of piperidine rings is 1. The molecule has 4 nitrogen and oxygen atoms in total. The van der Waals surface area contributed by atoms with Crippen molar-refractivity contribution in [3.8, 4) is 11.3 Å². The van der Waals surface area contributed by atoms with Gasteiger partial charge in [-0.1, -0.05) is 29.8 Å². The molecule has 0 radical (unpaired) electrons. The molecule has 1 aromatic carbocycles. The molecular formula is C22H26N4. The van der Waals surface area contributed by atoms with Crippen LogP contribution in [0.4, 0.5) is 0 Å². The van der Waals surface area contributed by atoms with Gasteiger partial charge < -0.3 is 4.57 Å². The van der Waals surface area contributed by atoms with E-state index < -0.39 is 0 Å². The van der Waals surface area contributed by atoms with E-state index in [0.717, 1.165) is 31.2 Å². The zero-order chi connectivity index (χ0) is 17.9. The van der Waals surface area contributed by atoms with Crippen molar-refractivity contribution in [3.63, 3.8) is 0 Å². The first-order valence-electron chi connectivity index (χ1n) is 9.41. The van der Waals surface area contributed by atoms with E-state index >= 15 is 0 Å². The van der Waals surface area contributed by atoms with Gasteiger partial charge in [-0.05, 0) is 44.5 Å². The monoisotopic (exact) mass is 346 g/mol. The first kappa shape index (κ1) is 17.0. The molecule has 3 aromatic rings. The van der Waals surface area contributed by atoms with Gasteiger partial charge in [-0.3, -0.25) is 9.88 Å². The van der Waals surface area contributed by atoms with Gasteiger partial charge >= 0.3 is 0 Å². The minimum absolute atomic E-state index is 0.494. The maximum absolute atomic E-state index is 5.01. The predicted molar refractivity (Wildman–Crippen MR) is 105 cm³/mol. The van der Waals surface area contributed by atoms with Crippen LogP contribution < -0.4 is 0 Å². The smallest absolute Gasteiger partial charge is 0.122 e. The average molecular weight is 346 g/mol. The highest BCUT2D eigenvalue weighted by Gasteiger charge is 2.23. The summed E-state index contributed by atoms with van der Waals surface area (Å²) in [6, 6.07) is 15.0. The van der Waals surface area contributed by atoms with Crippen LogP contribution >= 0.6 is 0 Å². The highest BCUT2D eigenvalue weighted by molar-refractivity contribution is 5.60. The minimum atomic E-state index is 0.494. The molecule has 0 spiro atoms. The maximum Gasteiger partial charge on any atom is 0.122 e. The molecule has 134 valence electrons. The molecule has 0 aliphatic carbocycles. The Hall–Kier alpha value is -2.46. The first-order valence-corrected chi connectivity index (χ1v) is 9.41. The molecular weight excluding hydrogens is 320 g/mol. The zero-order valence-corrected chi connectivity index (χ0v) is 15.6. The number of benzene rings is 1. The van der Waals surface area contributed by atoms with Crippen molar-refractivity contribution in [1.82, 2.24) is 19.4 Å². The van der Waals surface area contributed by atoms with E-state index in [0.29, 0.717) is 5.92 Å². The molecule has 3 heterocycles. The van der Waals surface area contributed by atoms with Crippen LogP contribution in [0.15, 0.2) is 54.9 Å². The Morgan fingerprint density at radius 2 is 2.04 bits per heavy atom. The fraction of sp³-hybridized carbons (Fsp3) is 0.364. The van der Waals surface area contributed by atoms with Crippen molar-refractivity contribution in [2.45, 2.75) is 32.2 Å². The highest BCUT2D eigenvalue weighted by Crippen LogP contribution is 2.28. The molecule has 26 heavy (non-hydrogen) atoms. The van der Waals surface area contributed by atoms with Crippen LogP contribution in [0.25, 0.3) is 11.3 Å². The molecule has 1 unspecified atom stereocenters. The summed E-state index contributed by atoms with van der Waals surface area (Å²) < 4.78 is 2.11. The number of aryl methyl sites for hydroxylation is 2. The van der Waals surface area contributed by atoms with Gasteiger partial charge in [0, 0.05) is 43.2 Å². The van der Waals surface area contributed by atoms with E-state index in [1.54, 1.807) is 0 Å². The summed E-state index contributed by atoms with van der Waals surface area (Å²) in [4.78, 5) is 12.0. The zero-order valence-electron chi connectivity index (χ0n) is 15.6. The summed E-state index contributed by atoms with van der Waals surface area (Å²) in [6.45, 7) is 5.24. The third-order valence-electron chi connectivity index (χ3n) is 5.29. The summed E-state index contributed by atoms with van der Waals surface area (Å²) in [6.07, 6.45) is 6.32.